The topological polar surface area (TPSA) is 120 Å². The number of carbonyl (C=O) groups excluding carboxylic acids is 1. The molecule has 9 atom stereocenters. The lowest BCUT2D eigenvalue weighted by molar-refractivity contribution is -0.314. The van der Waals surface area contributed by atoms with Crippen LogP contribution in [0.3, 0.4) is 0 Å². The van der Waals surface area contributed by atoms with Crippen LogP contribution >= 0.6 is 0 Å². The maximum atomic E-state index is 13.8. The minimum Gasteiger partial charge on any atom is -0.497 e. The minimum atomic E-state index is -0.919. The van der Waals surface area contributed by atoms with Crippen LogP contribution in [0.5, 0.6) is 17.2 Å². The smallest absolute Gasteiger partial charge is 0.338 e. The first-order chi connectivity index (χ1) is 32.4. The van der Waals surface area contributed by atoms with Crippen molar-refractivity contribution in [3.8, 4) is 17.2 Å². The van der Waals surface area contributed by atoms with Crippen LogP contribution in [0.25, 0.3) is 0 Å². The molecule has 1 N–H and O–H groups in total. The number of esters is 1. The molecule has 0 bridgehead atoms. The lowest BCUT2D eigenvalue weighted by atomic mass is 9.54. The Hall–Kier alpha value is -5.01. The van der Waals surface area contributed by atoms with Crippen LogP contribution in [0.2, 0.25) is 0 Å². The van der Waals surface area contributed by atoms with Gasteiger partial charge in [0.15, 0.2) is 6.29 Å². The molecular weight excluding hydrogens is 849 g/mol. The van der Waals surface area contributed by atoms with Gasteiger partial charge in [-0.3, -0.25) is 0 Å². The summed E-state index contributed by atoms with van der Waals surface area (Å²) in [6.07, 6.45) is 2.38. The molecule has 4 aromatic rings. The van der Waals surface area contributed by atoms with Crippen molar-refractivity contribution in [1.82, 2.24) is 0 Å². The molecule has 3 aliphatic carbocycles. The second-order valence-corrected chi connectivity index (χ2v) is 19.3. The predicted octanol–water partition coefficient (Wildman–Crippen LogP) is 10.2. The summed E-state index contributed by atoms with van der Waals surface area (Å²) < 4.78 is 57.6. The molecular formula is C56H68O11. The highest BCUT2D eigenvalue weighted by Crippen LogP contribution is 2.64. The Balaban J connectivity index is 1.17. The zero-order chi connectivity index (χ0) is 47.1. The molecule has 0 aromatic heterocycles. The van der Waals surface area contributed by atoms with Gasteiger partial charge in [-0.25, -0.2) is 4.79 Å². The van der Waals surface area contributed by atoms with Crippen LogP contribution < -0.4 is 14.2 Å². The predicted molar refractivity (Wildman–Crippen MR) is 255 cm³/mol. The molecule has 1 heterocycles. The standard InChI is InChI=1S/C56H68O11/c1-36(2)45-25-26-55(3)27-28-56(4)46(50(45)55)30-47(66-53(58)40-11-9-8-10-12-40)41(31-57)29-49(56)67-54-52(64-34-39-17-23-44(61-7)24-18-39)51(63-33-38-15-21-43(60-6)22-16-38)48(35-65-54)62-32-37-13-19-42(59-5)20-14-37/h8-24,29,36,46-49,51-52,54,57H,25-28,30-35H2,1-7H3/t46-,47-,48-,49+,51+,52-,54+,55-,56-/m1/s1. The Bertz CT molecular complexity index is 2310. The number of hydrogen-bond donors (Lipinski definition) is 1. The molecule has 67 heavy (non-hydrogen) atoms. The van der Waals surface area contributed by atoms with Crippen LogP contribution in [0, 0.1) is 22.7 Å². The average molecular weight is 917 g/mol. The second-order valence-electron chi connectivity index (χ2n) is 19.3. The van der Waals surface area contributed by atoms with Gasteiger partial charge < -0.3 is 47.7 Å². The quantitative estimate of drug-likeness (QED) is 0.0759. The summed E-state index contributed by atoms with van der Waals surface area (Å²) >= 11 is 0. The number of hydrogen-bond acceptors (Lipinski definition) is 11. The van der Waals surface area contributed by atoms with Crippen LogP contribution in [-0.4, -0.2) is 82.4 Å². The van der Waals surface area contributed by atoms with Crippen LogP contribution in [0.4, 0.5) is 0 Å². The molecule has 0 radical (unpaired) electrons. The van der Waals surface area contributed by atoms with E-state index in [-0.39, 0.29) is 37.8 Å². The Morgan fingerprint density at radius 3 is 1.81 bits per heavy atom. The van der Waals surface area contributed by atoms with Crippen LogP contribution in [-0.2, 0) is 48.2 Å². The number of carbonyl (C=O) groups is 1. The van der Waals surface area contributed by atoms with E-state index in [0.717, 1.165) is 59.6 Å². The van der Waals surface area contributed by atoms with Gasteiger partial charge in [-0.15, -0.1) is 0 Å². The maximum Gasteiger partial charge on any atom is 0.338 e. The van der Waals surface area contributed by atoms with Crippen molar-refractivity contribution >= 4 is 5.97 Å². The third-order valence-electron chi connectivity index (χ3n) is 14.8. The molecule has 4 aliphatic rings. The van der Waals surface area contributed by atoms with Crippen molar-refractivity contribution < 1.29 is 52.5 Å². The molecule has 8 rings (SSSR count). The summed E-state index contributed by atoms with van der Waals surface area (Å²) in [5.41, 5.74) is 6.40. The molecule has 0 amide bonds. The second kappa shape index (κ2) is 21.5. The van der Waals surface area contributed by atoms with E-state index in [0.29, 0.717) is 30.1 Å². The van der Waals surface area contributed by atoms with E-state index in [4.69, 9.17) is 42.6 Å². The zero-order valence-corrected chi connectivity index (χ0v) is 40.1. The van der Waals surface area contributed by atoms with Gasteiger partial charge in [-0.1, -0.05) is 99.5 Å². The fraction of sp³-hybridized carbons (Fsp3) is 0.482. The van der Waals surface area contributed by atoms with Crippen molar-refractivity contribution in [2.45, 2.75) is 116 Å². The van der Waals surface area contributed by atoms with Crippen LogP contribution in [0.1, 0.15) is 86.8 Å². The van der Waals surface area contributed by atoms with Crippen molar-refractivity contribution in [2.24, 2.45) is 22.7 Å². The SMILES string of the molecule is COc1ccc(CO[C@@H]2[C@@H](OCc3ccc(OC)cc3)[C@H](O[C@H]3C=C(CO)[C@H](OC(=O)c4ccccc4)C[C@@H]4C5=C(C(C)C)CC[C@]5(C)CC[C@@]34C)OC[C@H]2OCc2ccc(OC)cc2)cc1. The molecule has 0 spiro atoms. The number of allylic oxidation sites excluding steroid dienone is 2. The van der Waals surface area contributed by atoms with E-state index in [9.17, 15) is 9.90 Å². The number of rotatable bonds is 18. The molecule has 1 aliphatic heterocycles. The number of fused-ring (bicyclic) bond motifs is 3. The highest BCUT2D eigenvalue weighted by atomic mass is 16.7. The number of ether oxygens (including phenoxy) is 9. The number of benzene rings is 4. The highest BCUT2D eigenvalue weighted by Gasteiger charge is 2.57. The van der Waals surface area contributed by atoms with E-state index in [1.807, 2.05) is 97.1 Å². The molecule has 1 saturated carbocycles. The van der Waals surface area contributed by atoms with Crippen LogP contribution in [0.15, 0.2) is 126 Å². The van der Waals surface area contributed by atoms with E-state index < -0.39 is 48.2 Å². The molecule has 11 nitrogen and oxygen atoms in total. The Labute approximate surface area is 396 Å². The van der Waals surface area contributed by atoms with Gasteiger partial charge in [0.05, 0.1) is 66.0 Å². The molecule has 11 heteroatoms. The largest absolute Gasteiger partial charge is 0.497 e. The molecule has 2 fully saturated rings. The first kappa shape index (κ1) is 48.4. The van der Waals surface area contributed by atoms with E-state index >= 15 is 0 Å². The number of methoxy groups -OCH3 is 3. The fourth-order valence-corrected chi connectivity index (χ4v) is 10.7. The van der Waals surface area contributed by atoms with Gasteiger partial charge >= 0.3 is 5.97 Å². The molecule has 4 aromatic carbocycles. The summed E-state index contributed by atoms with van der Waals surface area (Å²) in [5, 5.41) is 11.2. The normalized spacial score (nSPS) is 28.3. The lowest BCUT2D eigenvalue weighted by Gasteiger charge is -2.53. The van der Waals surface area contributed by atoms with E-state index in [2.05, 4.69) is 27.7 Å². The van der Waals surface area contributed by atoms with E-state index in [1.54, 1.807) is 33.5 Å². The lowest BCUT2D eigenvalue weighted by Crippen LogP contribution is -2.58. The van der Waals surface area contributed by atoms with Crippen molar-refractivity contribution in [3.63, 3.8) is 0 Å². The Morgan fingerprint density at radius 1 is 0.716 bits per heavy atom. The average Bonchev–Trinajstić information content (AvgIpc) is 3.67. The zero-order valence-electron chi connectivity index (χ0n) is 40.1. The summed E-state index contributed by atoms with van der Waals surface area (Å²) in [6, 6.07) is 32.5. The molecule has 1 saturated heterocycles. The Kier molecular flexibility index (Phi) is 15.6. The van der Waals surface area contributed by atoms with Gasteiger partial charge in [0.1, 0.15) is 41.7 Å². The number of aliphatic hydroxyl groups excluding tert-OH is 1. The van der Waals surface area contributed by atoms with Crippen molar-refractivity contribution in [2.75, 3.05) is 34.5 Å². The maximum absolute atomic E-state index is 13.8. The summed E-state index contributed by atoms with van der Waals surface area (Å²) in [4.78, 5) is 13.8. The van der Waals surface area contributed by atoms with Gasteiger partial charge in [0.2, 0.25) is 0 Å². The van der Waals surface area contributed by atoms with Gasteiger partial charge in [-0.2, -0.15) is 0 Å². The fourth-order valence-electron chi connectivity index (χ4n) is 10.7. The molecule has 358 valence electrons. The van der Waals surface area contributed by atoms with Crippen molar-refractivity contribution in [3.05, 3.63) is 148 Å². The Morgan fingerprint density at radius 2 is 1.27 bits per heavy atom. The minimum absolute atomic E-state index is 0.00617. The summed E-state index contributed by atoms with van der Waals surface area (Å²) in [7, 11) is 4.94. The van der Waals surface area contributed by atoms with E-state index in [1.165, 1.54) is 11.1 Å². The van der Waals surface area contributed by atoms with Gasteiger partial charge in [0, 0.05) is 5.41 Å². The van der Waals surface area contributed by atoms with Crippen molar-refractivity contribution in [1.29, 1.82) is 0 Å². The third kappa shape index (κ3) is 10.8. The first-order valence-corrected chi connectivity index (χ1v) is 23.8. The highest BCUT2D eigenvalue weighted by molar-refractivity contribution is 5.89. The van der Waals surface area contributed by atoms with Gasteiger partial charge in [0.25, 0.3) is 0 Å². The third-order valence-corrected chi connectivity index (χ3v) is 14.8. The summed E-state index contributed by atoms with van der Waals surface area (Å²) in [6.45, 7) is 9.96. The summed E-state index contributed by atoms with van der Waals surface area (Å²) in [5.74, 6) is 2.18. The van der Waals surface area contributed by atoms with Gasteiger partial charge in [-0.05, 0) is 120 Å². The monoisotopic (exact) mass is 916 g/mol. The first-order valence-electron chi connectivity index (χ1n) is 23.8. The molecule has 0 unspecified atom stereocenters. The number of aliphatic hydroxyl groups is 1.